The zero-order valence-electron chi connectivity index (χ0n) is 16.4. The number of aromatic nitrogens is 4. The smallest absolute Gasteiger partial charge is 0.123 e. The molecule has 0 saturated heterocycles. The number of hydrogen-bond acceptors (Lipinski definition) is 4. The molecule has 150 valence electrons. The third-order valence-corrected chi connectivity index (χ3v) is 5.42. The fraction of sp³-hybridized carbons (Fsp3) is 0.208. The molecule has 1 unspecified atom stereocenters. The van der Waals surface area contributed by atoms with E-state index in [0.29, 0.717) is 13.2 Å². The van der Waals surface area contributed by atoms with Gasteiger partial charge in [0, 0.05) is 42.3 Å². The molecule has 0 spiro atoms. The highest BCUT2D eigenvalue weighted by atomic mass is 19.1. The summed E-state index contributed by atoms with van der Waals surface area (Å²) in [5, 5.41) is 0. The summed E-state index contributed by atoms with van der Waals surface area (Å²) < 4.78 is 21.8. The minimum absolute atomic E-state index is 0.196. The number of pyridine rings is 2. The van der Waals surface area contributed by atoms with Crippen molar-refractivity contribution in [3.05, 3.63) is 90.5 Å². The number of halogens is 1. The predicted octanol–water partition coefficient (Wildman–Crippen LogP) is 4.85. The number of nitrogens with zero attached hydrogens (tertiary/aromatic N) is 4. The van der Waals surface area contributed by atoms with E-state index in [0.717, 1.165) is 46.7 Å². The molecule has 0 bridgehead atoms. The molecule has 1 aromatic carbocycles. The van der Waals surface area contributed by atoms with E-state index in [1.807, 2.05) is 30.5 Å². The number of benzene rings is 1. The number of ether oxygens (including phenoxy) is 1. The number of fused-ring (bicyclic) bond motifs is 1. The maximum atomic E-state index is 13.5. The zero-order valence-corrected chi connectivity index (χ0v) is 16.4. The van der Waals surface area contributed by atoms with E-state index in [2.05, 4.69) is 14.5 Å². The highest BCUT2D eigenvalue weighted by Crippen LogP contribution is 2.39. The Morgan fingerprint density at radius 2 is 1.80 bits per heavy atom. The molecule has 1 aliphatic heterocycles. The number of imidazole rings is 1. The van der Waals surface area contributed by atoms with E-state index in [4.69, 9.17) is 9.72 Å². The average Bonchev–Trinajstić information content (AvgIpc) is 3.35. The van der Waals surface area contributed by atoms with E-state index >= 15 is 0 Å². The standard InChI is InChI=1S/C24H21FN4O/c25-20-5-3-18(4-6-20)23-24(19-9-12-26-13-10-19)29-21(7-8-22(29)28-23)16-30-15-17-2-1-11-27-14-17/h1-6,9-14,21H,7-8,15-16H2. The molecule has 0 fully saturated rings. The Bertz CT molecular complexity index is 1130. The van der Waals surface area contributed by atoms with Crippen molar-refractivity contribution < 1.29 is 9.13 Å². The van der Waals surface area contributed by atoms with Crippen molar-refractivity contribution in [3.63, 3.8) is 0 Å². The van der Waals surface area contributed by atoms with Crippen LogP contribution in [0.4, 0.5) is 4.39 Å². The number of aryl methyl sites for hydroxylation is 1. The first kappa shape index (κ1) is 18.6. The van der Waals surface area contributed by atoms with Crippen LogP contribution in [0.1, 0.15) is 23.9 Å². The molecule has 1 atom stereocenters. The van der Waals surface area contributed by atoms with Crippen LogP contribution in [-0.4, -0.2) is 26.1 Å². The molecule has 30 heavy (non-hydrogen) atoms. The molecule has 3 aromatic heterocycles. The van der Waals surface area contributed by atoms with Crippen LogP contribution < -0.4 is 0 Å². The Balaban J connectivity index is 1.48. The molecule has 0 amide bonds. The van der Waals surface area contributed by atoms with Gasteiger partial charge in [0.2, 0.25) is 0 Å². The molecule has 4 aromatic rings. The van der Waals surface area contributed by atoms with Crippen LogP contribution in [0.25, 0.3) is 22.5 Å². The quantitative estimate of drug-likeness (QED) is 0.464. The second-order valence-corrected chi connectivity index (χ2v) is 7.41. The summed E-state index contributed by atoms with van der Waals surface area (Å²) in [4.78, 5) is 13.2. The summed E-state index contributed by atoms with van der Waals surface area (Å²) in [5.74, 6) is 0.786. The van der Waals surface area contributed by atoms with Crippen LogP contribution in [0.3, 0.4) is 0 Å². The molecule has 0 aliphatic carbocycles. The van der Waals surface area contributed by atoms with Gasteiger partial charge < -0.3 is 9.30 Å². The van der Waals surface area contributed by atoms with Gasteiger partial charge in [-0.2, -0.15) is 0 Å². The average molecular weight is 400 g/mol. The van der Waals surface area contributed by atoms with Crippen molar-refractivity contribution in [2.45, 2.75) is 25.5 Å². The van der Waals surface area contributed by atoms with E-state index in [1.165, 1.54) is 12.1 Å². The molecule has 0 radical (unpaired) electrons. The van der Waals surface area contributed by atoms with Crippen LogP contribution in [0.5, 0.6) is 0 Å². The summed E-state index contributed by atoms with van der Waals surface area (Å²) >= 11 is 0. The summed E-state index contributed by atoms with van der Waals surface area (Å²) in [7, 11) is 0. The van der Waals surface area contributed by atoms with E-state index in [-0.39, 0.29) is 11.9 Å². The summed E-state index contributed by atoms with van der Waals surface area (Å²) in [5.41, 5.74) is 4.91. The Kier molecular flexibility index (Phi) is 5.07. The van der Waals surface area contributed by atoms with Crippen LogP contribution >= 0.6 is 0 Å². The van der Waals surface area contributed by atoms with Crippen LogP contribution in [-0.2, 0) is 17.8 Å². The first-order chi connectivity index (χ1) is 14.8. The van der Waals surface area contributed by atoms with Crippen molar-refractivity contribution in [2.75, 3.05) is 6.61 Å². The van der Waals surface area contributed by atoms with Gasteiger partial charge in [0.1, 0.15) is 11.6 Å². The van der Waals surface area contributed by atoms with Gasteiger partial charge in [-0.05, 0) is 54.4 Å². The normalized spacial score (nSPS) is 15.3. The van der Waals surface area contributed by atoms with Gasteiger partial charge in [-0.1, -0.05) is 6.07 Å². The fourth-order valence-electron chi connectivity index (χ4n) is 4.02. The molecule has 6 heteroatoms. The van der Waals surface area contributed by atoms with Gasteiger partial charge in [-0.25, -0.2) is 9.37 Å². The third kappa shape index (κ3) is 3.62. The lowest BCUT2D eigenvalue weighted by Crippen LogP contribution is -2.13. The molecule has 5 nitrogen and oxygen atoms in total. The Morgan fingerprint density at radius 3 is 2.57 bits per heavy atom. The van der Waals surface area contributed by atoms with Crippen molar-refractivity contribution >= 4 is 0 Å². The Hall–Kier alpha value is -3.38. The van der Waals surface area contributed by atoms with Crippen LogP contribution in [0, 0.1) is 5.82 Å². The first-order valence-corrected chi connectivity index (χ1v) is 10.0. The van der Waals surface area contributed by atoms with Gasteiger partial charge in [-0.3, -0.25) is 9.97 Å². The van der Waals surface area contributed by atoms with Gasteiger partial charge in [0.25, 0.3) is 0 Å². The second-order valence-electron chi connectivity index (χ2n) is 7.41. The highest BCUT2D eigenvalue weighted by molar-refractivity contribution is 5.79. The maximum Gasteiger partial charge on any atom is 0.123 e. The number of hydrogen-bond donors (Lipinski definition) is 0. The predicted molar refractivity (Wildman–Crippen MR) is 112 cm³/mol. The Labute approximate surface area is 174 Å². The van der Waals surface area contributed by atoms with E-state index in [9.17, 15) is 4.39 Å². The monoisotopic (exact) mass is 400 g/mol. The minimum atomic E-state index is -0.252. The van der Waals surface area contributed by atoms with Gasteiger partial charge >= 0.3 is 0 Å². The second kappa shape index (κ2) is 8.16. The highest BCUT2D eigenvalue weighted by Gasteiger charge is 2.30. The molecule has 0 N–H and O–H groups in total. The van der Waals surface area contributed by atoms with Crippen LogP contribution in [0.15, 0.2) is 73.3 Å². The third-order valence-electron chi connectivity index (χ3n) is 5.42. The molecule has 0 saturated carbocycles. The van der Waals surface area contributed by atoms with Crippen molar-refractivity contribution in [3.8, 4) is 22.5 Å². The summed E-state index contributed by atoms with van der Waals surface area (Å²) in [6.45, 7) is 1.13. The topological polar surface area (TPSA) is 52.8 Å². The van der Waals surface area contributed by atoms with E-state index in [1.54, 1.807) is 30.7 Å². The van der Waals surface area contributed by atoms with Crippen molar-refractivity contribution in [1.82, 2.24) is 19.5 Å². The molecular formula is C24H21FN4O. The Morgan fingerprint density at radius 1 is 0.967 bits per heavy atom. The minimum Gasteiger partial charge on any atom is -0.375 e. The molecule has 5 rings (SSSR count). The van der Waals surface area contributed by atoms with Gasteiger partial charge in [0.15, 0.2) is 0 Å². The largest absolute Gasteiger partial charge is 0.375 e. The van der Waals surface area contributed by atoms with E-state index < -0.39 is 0 Å². The SMILES string of the molecule is Fc1ccc(-c2nc3n(c2-c2ccncc2)C(COCc2cccnc2)CC3)cc1. The zero-order chi connectivity index (χ0) is 20.3. The van der Waals surface area contributed by atoms with Gasteiger partial charge in [0.05, 0.1) is 30.6 Å². The molecule has 4 heterocycles. The fourth-order valence-corrected chi connectivity index (χ4v) is 4.02. The lowest BCUT2D eigenvalue weighted by molar-refractivity contribution is 0.0923. The summed E-state index contributed by atoms with van der Waals surface area (Å²) in [6.07, 6.45) is 9.03. The van der Waals surface area contributed by atoms with Crippen molar-refractivity contribution in [1.29, 1.82) is 0 Å². The summed E-state index contributed by atoms with van der Waals surface area (Å²) in [6, 6.07) is 14.6. The lowest BCUT2D eigenvalue weighted by atomic mass is 10.0. The molecule has 1 aliphatic rings. The lowest BCUT2D eigenvalue weighted by Gasteiger charge is -2.18. The van der Waals surface area contributed by atoms with Crippen molar-refractivity contribution in [2.24, 2.45) is 0 Å². The number of rotatable bonds is 6. The molecular weight excluding hydrogens is 379 g/mol. The van der Waals surface area contributed by atoms with Gasteiger partial charge in [-0.15, -0.1) is 0 Å². The maximum absolute atomic E-state index is 13.5. The van der Waals surface area contributed by atoms with Crippen LogP contribution in [0.2, 0.25) is 0 Å². The first-order valence-electron chi connectivity index (χ1n) is 10.0.